The lowest BCUT2D eigenvalue weighted by atomic mass is 10.1. The first-order chi connectivity index (χ1) is 5.84. The van der Waals surface area contributed by atoms with Crippen LogP contribution >= 0.6 is 0 Å². The van der Waals surface area contributed by atoms with E-state index in [1.165, 1.54) is 0 Å². The number of nitrogens with zero attached hydrogens (tertiary/aromatic N) is 1. The van der Waals surface area contributed by atoms with Gasteiger partial charge in [-0.15, -0.1) is 6.42 Å². The molecule has 0 radical (unpaired) electrons. The molecule has 62 valence electrons. The first kappa shape index (κ1) is 8.76. The second kappa shape index (κ2) is 4.53. The zero-order chi connectivity index (χ0) is 8.81. The number of hydrogen-bond acceptors (Lipinski definition) is 2. The smallest absolute Gasteiger partial charge is 0.0578 e. The molecule has 0 saturated carbocycles. The lowest BCUT2D eigenvalue weighted by Crippen LogP contribution is -2.18. The maximum Gasteiger partial charge on any atom is 0.0578 e. The number of nitrogens with one attached hydrogen (secondary N) is 1. The normalized spacial score (nSPS) is 12.0. The van der Waals surface area contributed by atoms with Crippen molar-refractivity contribution in [3.05, 3.63) is 30.1 Å². The predicted octanol–water partition coefficient (Wildman–Crippen LogP) is 1.37. The van der Waals surface area contributed by atoms with Crippen LogP contribution in [0, 0.1) is 12.3 Å². The van der Waals surface area contributed by atoms with E-state index in [0.29, 0.717) is 6.54 Å². The molecule has 0 aliphatic rings. The van der Waals surface area contributed by atoms with Gasteiger partial charge in [0, 0.05) is 18.4 Å². The third kappa shape index (κ3) is 2.37. The van der Waals surface area contributed by atoms with Gasteiger partial charge in [-0.2, -0.15) is 0 Å². The third-order valence-corrected chi connectivity index (χ3v) is 1.69. The zero-order valence-electron chi connectivity index (χ0n) is 7.12. The van der Waals surface area contributed by atoms with Crippen molar-refractivity contribution in [3.63, 3.8) is 0 Å². The Balaban J connectivity index is 2.55. The zero-order valence-corrected chi connectivity index (χ0v) is 7.12. The van der Waals surface area contributed by atoms with Gasteiger partial charge < -0.3 is 0 Å². The van der Waals surface area contributed by atoms with Crippen LogP contribution in [0.2, 0.25) is 0 Å². The highest BCUT2D eigenvalue weighted by atomic mass is 14.9. The third-order valence-electron chi connectivity index (χ3n) is 1.69. The van der Waals surface area contributed by atoms with Crippen molar-refractivity contribution >= 4 is 0 Å². The Kier molecular flexibility index (Phi) is 3.31. The van der Waals surface area contributed by atoms with E-state index < -0.39 is 0 Å². The van der Waals surface area contributed by atoms with E-state index >= 15 is 0 Å². The van der Waals surface area contributed by atoms with Crippen LogP contribution in [0.15, 0.2) is 24.5 Å². The minimum Gasteiger partial charge on any atom is -0.300 e. The molecule has 0 saturated heterocycles. The Labute approximate surface area is 73.0 Å². The summed E-state index contributed by atoms with van der Waals surface area (Å²) >= 11 is 0. The number of rotatable bonds is 3. The molecule has 0 aliphatic heterocycles. The van der Waals surface area contributed by atoms with Crippen LogP contribution in [-0.4, -0.2) is 11.5 Å². The van der Waals surface area contributed by atoms with Crippen molar-refractivity contribution in [2.75, 3.05) is 6.54 Å². The van der Waals surface area contributed by atoms with Crippen LogP contribution in [0.1, 0.15) is 18.5 Å². The highest BCUT2D eigenvalue weighted by Crippen LogP contribution is 2.08. The predicted molar refractivity (Wildman–Crippen MR) is 49.5 cm³/mol. The lowest BCUT2D eigenvalue weighted by Gasteiger charge is -2.10. The summed E-state index contributed by atoms with van der Waals surface area (Å²) in [5.74, 6) is 2.54. The Bertz CT molecular complexity index is 261. The van der Waals surface area contributed by atoms with Crippen LogP contribution in [0.5, 0.6) is 0 Å². The summed E-state index contributed by atoms with van der Waals surface area (Å²) in [5.41, 5.74) is 1.16. The molecule has 2 nitrogen and oxygen atoms in total. The maximum absolute atomic E-state index is 5.13. The number of pyridine rings is 1. The van der Waals surface area contributed by atoms with Crippen molar-refractivity contribution in [2.45, 2.75) is 13.0 Å². The van der Waals surface area contributed by atoms with Crippen molar-refractivity contribution in [2.24, 2.45) is 0 Å². The van der Waals surface area contributed by atoms with Gasteiger partial charge in [0.2, 0.25) is 0 Å². The summed E-state index contributed by atoms with van der Waals surface area (Å²) in [6, 6.07) is 4.22. The van der Waals surface area contributed by atoms with Gasteiger partial charge in [0.15, 0.2) is 0 Å². The molecule has 0 amide bonds. The molecule has 1 aromatic heterocycles. The molecule has 0 aromatic carbocycles. The molecule has 0 fully saturated rings. The van der Waals surface area contributed by atoms with E-state index in [0.717, 1.165) is 5.56 Å². The summed E-state index contributed by atoms with van der Waals surface area (Å²) in [5, 5.41) is 3.17. The largest absolute Gasteiger partial charge is 0.300 e. The Morgan fingerprint density at radius 1 is 1.75 bits per heavy atom. The summed E-state index contributed by atoms with van der Waals surface area (Å²) in [7, 11) is 0. The Hall–Kier alpha value is -1.33. The van der Waals surface area contributed by atoms with Gasteiger partial charge >= 0.3 is 0 Å². The minimum atomic E-state index is 0.273. The highest BCUT2D eigenvalue weighted by Gasteiger charge is 2.01. The molecule has 12 heavy (non-hydrogen) atoms. The van der Waals surface area contributed by atoms with Crippen molar-refractivity contribution < 1.29 is 0 Å². The number of terminal acetylenes is 1. The standard InChI is InChI=1S/C10H12N2/c1-3-6-12-9(2)10-5-4-7-11-8-10/h1,4-5,7-9,12H,6H2,2H3/t9-/m0/s1. The fraction of sp³-hybridized carbons (Fsp3) is 0.300. The quantitative estimate of drug-likeness (QED) is 0.675. The maximum atomic E-state index is 5.13. The first-order valence-corrected chi connectivity index (χ1v) is 3.91. The van der Waals surface area contributed by atoms with Crippen LogP contribution in [0.4, 0.5) is 0 Å². The van der Waals surface area contributed by atoms with Gasteiger partial charge in [0.25, 0.3) is 0 Å². The van der Waals surface area contributed by atoms with Gasteiger partial charge in [0.05, 0.1) is 6.54 Å². The molecule has 1 N–H and O–H groups in total. The molecule has 0 bridgehead atoms. The topological polar surface area (TPSA) is 24.9 Å². The van der Waals surface area contributed by atoms with E-state index in [-0.39, 0.29) is 6.04 Å². The van der Waals surface area contributed by atoms with Gasteiger partial charge in [-0.1, -0.05) is 12.0 Å². The lowest BCUT2D eigenvalue weighted by molar-refractivity contribution is 0.621. The molecule has 1 aromatic rings. The Morgan fingerprint density at radius 3 is 3.17 bits per heavy atom. The molecular weight excluding hydrogens is 148 g/mol. The van der Waals surface area contributed by atoms with Gasteiger partial charge in [-0.05, 0) is 18.6 Å². The molecule has 1 heterocycles. The van der Waals surface area contributed by atoms with E-state index in [1.807, 2.05) is 18.3 Å². The average Bonchev–Trinajstić information content (AvgIpc) is 2.15. The van der Waals surface area contributed by atoms with Crippen LogP contribution < -0.4 is 5.32 Å². The number of aromatic nitrogens is 1. The molecule has 0 spiro atoms. The van der Waals surface area contributed by atoms with Crippen LogP contribution in [-0.2, 0) is 0 Å². The molecule has 2 heteroatoms. The van der Waals surface area contributed by atoms with Crippen molar-refractivity contribution in [3.8, 4) is 12.3 Å². The highest BCUT2D eigenvalue weighted by molar-refractivity contribution is 5.13. The van der Waals surface area contributed by atoms with Crippen LogP contribution in [0.25, 0.3) is 0 Å². The van der Waals surface area contributed by atoms with Crippen molar-refractivity contribution in [1.29, 1.82) is 0 Å². The fourth-order valence-electron chi connectivity index (χ4n) is 0.962. The van der Waals surface area contributed by atoms with Crippen molar-refractivity contribution in [1.82, 2.24) is 10.3 Å². The summed E-state index contributed by atoms with van der Waals surface area (Å²) in [6.45, 7) is 2.66. The second-order valence-electron chi connectivity index (χ2n) is 2.59. The Morgan fingerprint density at radius 2 is 2.58 bits per heavy atom. The van der Waals surface area contributed by atoms with Gasteiger partial charge in [-0.25, -0.2) is 0 Å². The molecule has 1 atom stereocenters. The second-order valence-corrected chi connectivity index (χ2v) is 2.59. The molecule has 0 aliphatic carbocycles. The van der Waals surface area contributed by atoms with E-state index in [4.69, 9.17) is 6.42 Å². The average molecular weight is 160 g/mol. The summed E-state index contributed by atoms with van der Waals surface area (Å²) < 4.78 is 0. The summed E-state index contributed by atoms with van der Waals surface area (Å²) in [6.07, 6.45) is 8.73. The molecular formula is C10H12N2. The SMILES string of the molecule is C#CCN[C@@H](C)c1cccnc1. The summed E-state index contributed by atoms with van der Waals surface area (Å²) in [4.78, 5) is 4.02. The van der Waals surface area contributed by atoms with E-state index in [9.17, 15) is 0 Å². The first-order valence-electron chi connectivity index (χ1n) is 3.91. The fourth-order valence-corrected chi connectivity index (χ4v) is 0.962. The minimum absolute atomic E-state index is 0.273. The van der Waals surface area contributed by atoms with E-state index in [1.54, 1.807) is 6.20 Å². The molecule has 1 rings (SSSR count). The molecule has 0 unspecified atom stereocenters. The van der Waals surface area contributed by atoms with Gasteiger partial charge in [0.1, 0.15) is 0 Å². The monoisotopic (exact) mass is 160 g/mol. The van der Waals surface area contributed by atoms with Crippen LogP contribution in [0.3, 0.4) is 0 Å². The van der Waals surface area contributed by atoms with Gasteiger partial charge in [-0.3, -0.25) is 10.3 Å². The number of hydrogen-bond donors (Lipinski definition) is 1. The van der Waals surface area contributed by atoms with E-state index in [2.05, 4.69) is 23.1 Å².